The summed E-state index contributed by atoms with van der Waals surface area (Å²) in [6, 6.07) is 12.9. The molecule has 2 aromatic rings. The summed E-state index contributed by atoms with van der Waals surface area (Å²) >= 11 is 0. The van der Waals surface area contributed by atoms with Crippen LogP contribution in [-0.4, -0.2) is 40.9 Å². The Balaban J connectivity index is 1.87. The van der Waals surface area contributed by atoms with Crippen molar-refractivity contribution >= 4 is 23.5 Å². The van der Waals surface area contributed by atoms with Crippen LogP contribution in [0.4, 0.5) is 10.1 Å². The summed E-state index contributed by atoms with van der Waals surface area (Å²) in [5, 5.41) is 12.1. The van der Waals surface area contributed by atoms with Gasteiger partial charge in [-0.25, -0.2) is 4.39 Å². The van der Waals surface area contributed by atoms with Crippen LogP contribution >= 0.6 is 0 Å². The second kappa shape index (κ2) is 7.57. The first-order chi connectivity index (χ1) is 12.9. The van der Waals surface area contributed by atoms with Crippen molar-refractivity contribution < 1.29 is 23.9 Å². The highest BCUT2D eigenvalue weighted by atomic mass is 19.1. The Bertz CT molecular complexity index is 885. The molecule has 1 aliphatic rings. The number of nitrogens with zero attached hydrogens (tertiary/aromatic N) is 1. The second-order valence-corrected chi connectivity index (χ2v) is 6.55. The van der Waals surface area contributed by atoms with Crippen LogP contribution in [0.1, 0.15) is 28.8 Å². The lowest BCUT2D eigenvalue weighted by Gasteiger charge is -2.17. The van der Waals surface area contributed by atoms with Crippen molar-refractivity contribution in [1.29, 1.82) is 0 Å². The number of halogens is 1. The number of anilines is 1. The van der Waals surface area contributed by atoms with Crippen molar-refractivity contribution in [3.63, 3.8) is 0 Å². The number of carboxylic acid groups (broad SMARTS) is 1. The van der Waals surface area contributed by atoms with Gasteiger partial charge in [-0.1, -0.05) is 30.3 Å². The zero-order valence-corrected chi connectivity index (χ0v) is 14.7. The Morgan fingerprint density at radius 1 is 1.11 bits per heavy atom. The standard InChI is InChI=1S/C20H19FN2O4/c1-12(24)22-14-7-8-18(21)15(9-14)19(25)23-10-16(17(11-23)20(26)27)13-5-3-2-4-6-13/h2-9,16-17H,10-11H2,1H3,(H,22,24)(H,26,27). The molecule has 0 aromatic heterocycles. The lowest BCUT2D eigenvalue weighted by Crippen LogP contribution is -2.30. The van der Waals surface area contributed by atoms with E-state index in [2.05, 4.69) is 5.32 Å². The van der Waals surface area contributed by atoms with Crippen LogP contribution in [0.2, 0.25) is 0 Å². The third-order valence-electron chi connectivity index (χ3n) is 4.67. The number of hydrogen-bond donors (Lipinski definition) is 2. The minimum absolute atomic E-state index is 0.00245. The van der Waals surface area contributed by atoms with E-state index < -0.39 is 23.6 Å². The van der Waals surface area contributed by atoms with Crippen LogP contribution in [0, 0.1) is 11.7 Å². The molecule has 1 saturated heterocycles. The molecule has 1 fully saturated rings. The van der Waals surface area contributed by atoms with Crippen LogP contribution in [-0.2, 0) is 9.59 Å². The van der Waals surface area contributed by atoms with Gasteiger partial charge in [0.25, 0.3) is 5.91 Å². The minimum atomic E-state index is -0.994. The number of aliphatic carboxylic acids is 1. The van der Waals surface area contributed by atoms with Gasteiger partial charge in [-0.05, 0) is 23.8 Å². The summed E-state index contributed by atoms with van der Waals surface area (Å²) in [6.45, 7) is 1.49. The summed E-state index contributed by atoms with van der Waals surface area (Å²) in [7, 11) is 0. The monoisotopic (exact) mass is 370 g/mol. The molecule has 0 bridgehead atoms. The summed E-state index contributed by atoms with van der Waals surface area (Å²) in [4.78, 5) is 37.0. The average Bonchev–Trinajstić information content (AvgIpc) is 3.09. The number of rotatable bonds is 4. The number of carbonyl (C=O) groups is 3. The van der Waals surface area contributed by atoms with Gasteiger partial charge in [0.15, 0.2) is 0 Å². The van der Waals surface area contributed by atoms with E-state index in [9.17, 15) is 23.9 Å². The van der Waals surface area contributed by atoms with E-state index in [1.165, 1.54) is 24.0 Å². The van der Waals surface area contributed by atoms with Crippen LogP contribution < -0.4 is 5.32 Å². The minimum Gasteiger partial charge on any atom is -0.481 e. The van der Waals surface area contributed by atoms with Gasteiger partial charge in [0.05, 0.1) is 11.5 Å². The molecular weight excluding hydrogens is 351 g/mol. The van der Waals surface area contributed by atoms with Gasteiger partial charge in [-0.2, -0.15) is 0 Å². The molecule has 27 heavy (non-hydrogen) atoms. The number of likely N-dealkylation sites (tertiary alicyclic amines) is 1. The van der Waals surface area contributed by atoms with Crippen molar-refractivity contribution in [2.24, 2.45) is 5.92 Å². The normalized spacial score (nSPS) is 19.0. The quantitative estimate of drug-likeness (QED) is 0.866. The SMILES string of the molecule is CC(=O)Nc1ccc(F)c(C(=O)N2CC(C(=O)O)C(c3ccccc3)C2)c1. The van der Waals surface area contributed by atoms with Crippen LogP contribution in [0.15, 0.2) is 48.5 Å². The highest BCUT2D eigenvalue weighted by molar-refractivity contribution is 5.97. The zero-order chi connectivity index (χ0) is 19.6. The van der Waals surface area contributed by atoms with Gasteiger partial charge in [-0.15, -0.1) is 0 Å². The fourth-order valence-electron chi connectivity index (χ4n) is 3.40. The number of amides is 2. The molecule has 1 heterocycles. The Kier molecular flexibility index (Phi) is 5.21. The van der Waals surface area contributed by atoms with Crippen molar-refractivity contribution in [3.05, 3.63) is 65.5 Å². The maximum Gasteiger partial charge on any atom is 0.308 e. The number of carboxylic acids is 1. The topological polar surface area (TPSA) is 86.7 Å². The van der Waals surface area contributed by atoms with E-state index in [4.69, 9.17) is 0 Å². The average molecular weight is 370 g/mol. The van der Waals surface area contributed by atoms with Crippen molar-refractivity contribution in [3.8, 4) is 0 Å². The maximum absolute atomic E-state index is 14.2. The van der Waals surface area contributed by atoms with Gasteiger partial charge in [0, 0.05) is 31.6 Å². The first kappa shape index (κ1) is 18.6. The Hall–Kier alpha value is -3.22. The summed E-state index contributed by atoms with van der Waals surface area (Å²) in [5.41, 5.74) is 0.938. The lowest BCUT2D eigenvalue weighted by molar-refractivity contribution is -0.141. The van der Waals surface area contributed by atoms with Crippen LogP contribution in [0.5, 0.6) is 0 Å². The highest BCUT2D eigenvalue weighted by Crippen LogP contribution is 2.34. The summed E-state index contributed by atoms with van der Waals surface area (Å²) in [5.74, 6) is -3.77. The fraction of sp³-hybridized carbons (Fsp3) is 0.250. The molecule has 0 spiro atoms. The molecule has 7 heteroatoms. The molecule has 2 unspecified atom stereocenters. The van der Waals surface area contributed by atoms with E-state index in [-0.39, 0.29) is 30.5 Å². The Morgan fingerprint density at radius 3 is 2.44 bits per heavy atom. The molecule has 3 rings (SSSR count). The van der Waals surface area contributed by atoms with Gasteiger partial charge in [0.2, 0.25) is 5.91 Å². The molecule has 0 radical (unpaired) electrons. The fourth-order valence-corrected chi connectivity index (χ4v) is 3.40. The molecule has 0 saturated carbocycles. The largest absolute Gasteiger partial charge is 0.481 e. The maximum atomic E-state index is 14.2. The highest BCUT2D eigenvalue weighted by Gasteiger charge is 2.41. The molecule has 6 nitrogen and oxygen atoms in total. The molecule has 2 N–H and O–H groups in total. The van der Waals surface area contributed by atoms with E-state index in [1.54, 1.807) is 0 Å². The number of hydrogen-bond acceptors (Lipinski definition) is 3. The van der Waals surface area contributed by atoms with Crippen LogP contribution in [0.3, 0.4) is 0 Å². The zero-order valence-electron chi connectivity index (χ0n) is 14.7. The molecule has 140 valence electrons. The van der Waals surface area contributed by atoms with E-state index >= 15 is 0 Å². The van der Waals surface area contributed by atoms with E-state index in [1.807, 2.05) is 30.3 Å². The lowest BCUT2D eigenvalue weighted by atomic mass is 9.89. The molecule has 1 aliphatic heterocycles. The van der Waals surface area contributed by atoms with Crippen molar-refractivity contribution in [2.75, 3.05) is 18.4 Å². The first-order valence-corrected chi connectivity index (χ1v) is 8.51. The summed E-state index contributed by atoms with van der Waals surface area (Å²) < 4.78 is 14.2. The van der Waals surface area contributed by atoms with E-state index in [0.29, 0.717) is 5.69 Å². The van der Waals surface area contributed by atoms with Crippen LogP contribution in [0.25, 0.3) is 0 Å². The van der Waals surface area contributed by atoms with Gasteiger partial charge >= 0.3 is 5.97 Å². The van der Waals surface area contributed by atoms with Crippen molar-refractivity contribution in [1.82, 2.24) is 4.90 Å². The van der Waals surface area contributed by atoms with Gasteiger partial charge < -0.3 is 15.3 Å². The van der Waals surface area contributed by atoms with E-state index in [0.717, 1.165) is 11.6 Å². The van der Waals surface area contributed by atoms with Gasteiger partial charge in [-0.3, -0.25) is 14.4 Å². The Morgan fingerprint density at radius 2 is 1.81 bits per heavy atom. The molecule has 2 amide bonds. The smallest absolute Gasteiger partial charge is 0.308 e. The number of carbonyl (C=O) groups excluding carboxylic acids is 2. The summed E-state index contributed by atoms with van der Waals surface area (Å²) in [6.07, 6.45) is 0. The number of benzene rings is 2. The molecular formula is C20H19FN2O4. The second-order valence-electron chi connectivity index (χ2n) is 6.55. The molecule has 2 atom stereocenters. The third kappa shape index (κ3) is 3.97. The molecule has 2 aromatic carbocycles. The predicted molar refractivity (Wildman–Crippen MR) is 96.9 cm³/mol. The third-order valence-corrected chi connectivity index (χ3v) is 4.67. The van der Waals surface area contributed by atoms with Gasteiger partial charge in [0.1, 0.15) is 5.82 Å². The number of nitrogens with one attached hydrogen (secondary N) is 1. The predicted octanol–water partition coefficient (Wildman–Crippen LogP) is 2.72. The Labute approximate surface area is 155 Å². The first-order valence-electron chi connectivity index (χ1n) is 8.51. The molecule has 0 aliphatic carbocycles. The van der Waals surface area contributed by atoms with Crippen molar-refractivity contribution in [2.45, 2.75) is 12.8 Å².